The van der Waals surface area contributed by atoms with Crippen molar-refractivity contribution in [3.8, 4) is 17.0 Å². The first kappa shape index (κ1) is 25.4. The molecule has 190 valence electrons. The molecule has 9 heteroatoms. The molecule has 1 N–H and O–H groups in total. The minimum atomic E-state index is -4.42. The van der Waals surface area contributed by atoms with Crippen molar-refractivity contribution < 1.29 is 32.5 Å². The number of benzene rings is 1. The van der Waals surface area contributed by atoms with Gasteiger partial charge in [0.25, 0.3) is 0 Å². The Labute approximate surface area is 203 Å². The molecule has 6 unspecified atom stereocenters. The topological polar surface area (TPSA) is 71.7 Å². The number of nitrogens with zero attached hydrogens (tertiary/aromatic N) is 2. The van der Waals surface area contributed by atoms with Crippen molar-refractivity contribution in [2.45, 2.75) is 32.0 Å². The lowest BCUT2D eigenvalue weighted by Crippen LogP contribution is -2.40. The van der Waals surface area contributed by atoms with E-state index in [0.29, 0.717) is 49.3 Å². The van der Waals surface area contributed by atoms with Crippen LogP contribution in [0.4, 0.5) is 13.2 Å². The van der Waals surface area contributed by atoms with Crippen LogP contribution in [0.25, 0.3) is 11.3 Å². The Morgan fingerprint density at radius 1 is 1.26 bits per heavy atom. The standard InChI is InChI=1S/C26H31F3N2O4/c1-16(23(25(32)33)11-20-13-31(20)2)22-9-10-34-14-18(22)15-35-21-6-3-17(4-7-21)24-8-5-19(12-30-24)26(27,28)29/h3-8,12,16,18,20,22-23H,9-11,13-15H2,1-2H3,(H,32,33). The van der Waals surface area contributed by atoms with Crippen LogP contribution in [0.15, 0.2) is 42.6 Å². The summed E-state index contributed by atoms with van der Waals surface area (Å²) in [5, 5.41) is 9.86. The number of ether oxygens (including phenoxy) is 2. The lowest BCUT2D eigenvalue weighted by atomic mass is 9.72. The van der Waals surface area contributed by atoms with Crippen LogP contribution in [0.1, 0.15) is 25.3 Å². The van der Waals surface area contributed by atoms with E-state index in [2.05, 4.69) is 9.88 Å². The lowest BCUT2D eigenvalue weighted by molar-refractivity contribution is -0.146. The average Bonchev–Trinajstić information content (AvgIpc) is 3.55. The summed E-state index contributed by atoms with van der Waals surface area (Å²) < 4.78 is 50.0. The molecule has 1 aromatic carbocycles. The highest BCUT2D eigenvalue weighted by atomic mass is 19.4. The van der Waals surface area contributed by atoms with Gasteiger partial charge in [0.2, 0.25) is 0 Å². The predicted octanol–water partition coefficient (Wildman–Crippen LogP) is 4.84. The van der Waals surface area contributed by atoms with Crippen LogP contribution in [0.5, 0.6) is 5.75 Å². The van der Waals surface area contributed by atoms with Gasteiger partial charge in [-0.05, 0) is 68.1 Å². The first-order valence-electron chi connectivity index (χ1n) is 11.9. The Bertz CT molecular complexity index is 997. The van der Waals surface area contributed by atoms with Crippen molar-refractivity contribution in [1.29, 1.82) is 0 Å². The molecule has 6 nitrogen and oxygen atoms in total. The summed E-state index contributed by atoms with van der Waals surface area (Å²) in [7, 11) is 2.01. The maximum absolute atomic E-state index is 12.8. The summed E-state index contributed by atoms with van der Waals surface area (Å²) in [6.45, 7) is 4.54. The van der Waals surface area contributed by atoms with E-state index in [9.17, 15) is 23.1 Å². The average molecular weight is 493 g/mol. The predicted molar refractivity (Wildman–Crippen MR) is 124 cm³/mol. The summed E-state index contributed by atoms with van der Waals surface area (Å²) in [6.07, 6.45) is -2.12. The third-order valence-electron chi connectivity index (χ3n) is 7.38. The molecule has 2 aromatic rings. The molecule has 4 rings (SSSR count). The number of aromatic nitrogens is 1. The lowest BCUT2D eigenvalue weighted by Gasteiger charge is -2.37. The van der Waals surface area contributed by atoms with E-state index in [1.165, 1.54) is 6.07 Å². The molecular formula is C26H31F3N2O4. The van der Waals surface area contributed by atoms with Crippen LogP contribution >= 0.6 is 0 Å². The number of halogens is 3. The fraction of sp³-hybridized carbons (Fsp3) is 0.538. The van der Waals surface area contributed by atoms with Gasteiger partial charge in [0.05, 0.1) is 30.4 Å². The number of hydrogen-bond acceptors (Lipinski definition) is 5. The first-order chi connectivity index (χ1) is 16.6. The molecule has 0 saturated carbocycles. The highest BCUT2D eigenvalue weighted by Gasteiger charge is 2.41. The maximum Gasteiger partial charge on any atom is 0.417 e. The van der Waals surface area contributed by atoms with Gasteiger partial charge in [0, 0.05) is 36.9 Å². The van der Waals surface area contributed by atoms with Crippen molar-refractivity contribution in [3.63, 3.8) is 0 Å². The summed E-state index contributed by atoms with van der Waals surface area (Å²) in [4.78, 5) is 18.1. The van der Waals surface area contributed by atoms with Crippen LogP contribution in [0, 0.1) is 23.7 Å². The summed E-state index contributed by atoms with van der Waals surface area (Å²) in [6, 6.07) is 9.76. The van der Waals surface area contributed by atoms with Gasteiger partial charge in [0.15, 0.2) is 0 Å². The number of aliphatic carboxylic acids is 1. The van der Waals surface area contributed by atoms with Gasteiger partial charge < -0.3 is 19.5 Å². The molecule has 2 aliphatic rings. The largest absolute Gasteiger partial charge is 0.493 e. The van der Waals surface area contributed by atoms with Crippen LogP contribution in [-0.4, -0.2) is 60.4 Å². The second kappa shape index (κ2) is 10.5. The Morgan fingerprint density at radius 3 is 2.54 bits per heavy atom. The molecule has 0 amide bonds. The Kier molecular flexibility index (Phi) is 7.66. The zero-order chi connectivity index (χ0) is 25.2. The van der Waals surface area contributed by atoms with Crippen molar-refractivity contribution >= 4 is 5.97 Å². The molecular weight excluding hydrogens is 461 g/mol. The van der Waals surface area contributed by atoms with Gasteiger partial charge in [-0.25, -0.2) is 0 Å². The van der Waals surface area contributed by atoms with E-state index >= 15 is 0 Å². The number of rotatable bonds is 9. The number of carboxylic acids is 1. The minimum Gasteiger partial charge on any atom is -0.493 e. The van der Waals surface area contributed by atoms with Gasteiger partial charge in [-0.1, -0.05) is 6.92 Å². The van der Waals surface area contributed by atoms with Gasteiger partial charge in [-0.3, -0.25) is 9.78 Å². The quantitative estimate of drug-likeness (QED) is 0.505. The van der Waals surface area contributed by atoms with Crippen molar-refractivity contribution in [2.24, 2.45) is 23.7 Å². The summed E-state index contributed by atoms with van der Waals surface area (Å²) in [5.41, 5.74) is 0.349. The monoisotopic (exact) mass is 492 g/mol. The Morgan fingerprint density at radius 2 is 1.97 bits per heavy atom. The van der Waals surface area contributed by atoms with Crippen molar-refractivity contribution in [3.05, 3.63) is 48.2 Å². The van der Waals surface area contributed by atoms with Crippen molar-refractivity contribution in [2.75, 3.05) is 33.4 Å². The number of carbonyl (C=O) groups is 1. The van der Waals surface area contributed by atoms with E-state index in [0.717, 1.165) is 25.2 Å². The second-order valence-electron chi connectivity index (χ2n) is 9.69. The minimum absolute atomic E-state index is 0.00659. The van der Waals surface area contributed by atoms with E-state index in [4.69, 9.17) is 9.47 Å². The maximum atomic E-state index is 12.8. The third kappa shape index (κ3) is 6.32. The van der Waals surface area contributed by atoms with Gasteiger partial charge in [-0.15, -0.1) is 0 Å². The van der Waals surface area contributed by atoms with Crippen LogP contribution in [-0.2, 0) is 15.7 Å². The smallest absolute Gasteiger partial charge is 0.417 e. The molecule has 2 saturated heterocycles. The third-order valence-corrected chi connectivity index (χ3v) is 7.38. The summed E-state index contributed by atoms with van der Waals surface area (Å²) >= 11 is 0. The molecule has 6 atom stereocenters. The van der Waals surface area contributed by atoms with E-state index in [-0.39, 0.29) is 17.8 Å². The molecule has 0 radical (unpaired) electrons. The van der Waals surface area contributed by atoms with Crippen LogP contribution < -0.4 is 4.74 Å². The zero-order valence-electron chi connectivity index (χ0n) is 19.9. The number of carboxylic acid groups (broad SMARTS) is 1. The van der Waals surface area contributed by atoms with E-state index in [1.807, 2.05) is 14.0 Å². The van der Waals surface area contributed by atoms with Crippen LogP contribution in [0.2, 0.25) is 0 Å². The zero-order valence-corrected chi connectivity index (χ0v) is 19.9. The highest BCUT2D eigenvalue weighted by molar-refractivity contribution is 5.70. The van der Waals surface area contributed by atoms with E-state index in [1.54, 1.807) is 24.3 Å². The molecule has 0 bridgehead atoms. The normalized spacial score (nSPS) is 26.1. The van der Waals surface area contributed by atoms with Gasteiger partial charge in [0.1, 0.15) is 5.75 Å². The molecule has 35 heavy (non-hydrogen) atoms. The van der Waals surface area contributed by atoms with E-state index < -0.39 is 23.6 Å². The Hall–Kier alpha value is -2.65. The molecule has 0 aliphatic carbocycles. The summed E-state index contributed by atoms with van der Waals surface area (Å²) in [5.74, 6) is -0.236. The fourth-order valence-electron chi connectivity index (χ4n) is 5.01. The fourth-order valence-corrected chi connectivity index (χ4v) is 5.01. The number of hydrogen-bond donors (Lipinski definition) is 1. The number of pyridine rings is 1. The first-order valence-corrected chi connectivity index (χ1v) is 11.9. The van der Waals surface area contributed by atoms with Gasteiger partial charge in [-0.2, -0.15) is 13.2 Å². The number of alkyl halides is 3. The second-order valence-corrected chi connectivity index (χ2v) is 9.69. The van der Waals surface area contributed by atoms with Crippen molar-refractivity contribution in [1.82, 2.24) is 9.88 Å². The molecule has 0 spiro atoms. The molecule has 2 fully saturated rings. The number of likely N-dealkylation sites (N-methyl/N-ethyl adjacent to an activating group) is 1. The molecule has 1 aromatic heterocycles. The van der Waals surface area contributed by atoms with Gasteiger partial charge >= 0.3 is 12.1 Å². The molecule has 2 aliphatic heterocycles. The Balaban J connectivity index is 1.37. The highest BCUT2D eigenvalue weighted by Crippen LogP contribution is 2.38. The SMILES string of the molecule is CC(C(CC1CN1C)C(=O)O)C1CCOCC1COc1ccc(-c2ccc(C(F)(F)F)cn2)cc1. The van der Waals surface area contributed by atoms with Crippen LogP contribution in [0.3, 0.4) is 0 Å². The molecule has 3 heterocycles.